The number of carbonyl (C=O) groups is 2. The van der Waals surface area contributed by atoms with Crippen LogP contribution in [0.5, 0.6) is 0 Å². The molecule has 1 fully saturated rings. The van der Waals surface area contributed by atoms with Crippen molar-refractivity contribution in [3.8, 4) is 0 Å². The summed E-state index contributed by atoms with van der Waals surface area (Å²) in [6.45, 7) is 11.1. The van der Waals surface area contributed by atoms with Gasteiger partial charge in [0.05, 0.1) is 17.2 Å². The van der Waals surface area contributed by atoms with Gasteiger partial charge >= 0.3 is 0 Å². The van der Waals surface area contributed by atoms with Crippen LogP contribution in [0.4, 0.5) is 0 Å². The molecule has 1 unspecified atom stereocenters. The molecule has 2 amide bonds. The average molecular weight is 413 g/mol. The zero-order valence-corrected chi connectivity index (χ0v) is 18.3. The zero-order chi connectivity index (χ0) is 21.1. The summed E-state index contributed by atoms with van der Waals surface area (Å²) in [5.41, 5.74) is 3.10. The van der Waals surface area contributed by atoms with Gasteiger partial charge in [0.1, 0.15) is 6.04 Å². The van der Waals surface area contributed by atoms with Gasteiger partial charge in [0, 0.05) is 31.7 Å². The summed E-state index contributed by atoms with van der Waals surface area (Å²) in [4.78, 5) is 26.3. The van der Waals surface area contributed by atoms with Crippen molar-refractivity contribution in [1.82, 2.24) is 20.0 Å². The van der Waals surface area contributed by atoms with Crippen molar-refractivity contribution in [2.75, 3.05) is 24.6 Å². The smallest absolute Gasteiger partial charge is 0.244 e. The topological polar surface area (TPSA) is 101 Å². The highest BCUT2D eigenvalue weighted by Gasteiger charge is 2.28. The Labute approximate surface area is 167 Å². The summed E-state index contributed by atoms with van der Waals surface area (Å²) in [6, 6.07) is -0.667. The van der Waals surface area contributed by atoms with Gasteiger partial charge in [0.25, 0.3) is 0 Å². The molecule has 0 radical (unpaired) electrons. The number of hydrogen-bond acceptors (Lipinski definition) is 5. The SMILES string of the molecule is Cc1nn(CC(C)C)c(C)c1CCC(=O)NC(C)C(=O)N1CCS(=O)(=O)CC1. The molecule has 2 heterocycles. The molecule has 0 aliphatic carbocycles. The molecule has 1 saturated heterocycles. The Morgan fingerprint density at radius 2 is 1.75 bits per heavy atom. The first-order valence-electron chi connectivity index (χ1n) is 9.81. The Bertz CT molecular complexity index is 815. The first-order chi connectivity index (χ1) is 13.0. The minimum atomic E-state index is -3.04. The van der Waals surface area contributed by atoms with Crippen LogP contribution in [0.1, 0.15) is 44.1 Å². The number of hydrogen-bond donors (Lipinski definition) is 1. The summed E-state index contributed by atoms with van der Waals surface area (Å²) in [6.07, 6.45) is 0.853. The molecule has 1 aliphatic heterocycles. The third-order valence-electron chi connectivity index (χ3n) is 5.08. The van der Waals surface area contributed by atoms with E-state index in [9.17, 15) is 18.0 Å². The second-order valence-electron chi connectivity index (χ2n) is 7.99. The van der Waals surface area contributed by atoms with Crippen LogP contribution in [0.25, 0.3) is 0 Å². The van der Waals surface area contributed by atoms with Crippen molar-refractivity contribution in [3.63, 3.8) is 0 Å². The van der Waals surface area contributed by atoms with Crippen molar-refractivity contribution in [2.24, 2.45) is 5.92 Å². The molecule has 8 nitrogen and oxygen atoms in total. The van der Waals surface area contributed by atoms with E-state index in [-0.39, 0.29) is 42.8 Å². The highest BCUT2D eigenvalue weighted by molar-refractivity contribution is 7.91. The monoisotopic (exact) mass is 412 g/mol. The van der Waals surface area contributed by atoms with E-state index in [1.807, 2.05) is 18.5 Å². The van der Waals surface area contributed by atoms with E-state index in [0.29, 0.717) is 12.3 Å². The lowest BCUT2D eigenvalue weighted by molar-refractivity contribution is -0.135. The van der Waals surface area contributed by atoms with Crippen LogP contribution in [-0.2, 0) is 32.4 Å². The molecule has 1 atom stereocenters. The molecular formula is C19H32N4O4S. The fraction of sp³-hybridized carbons (Fsp3) is 0.737. The molecule has 1 aliphatic rings. The van der Waals surface area contributed by atoms with E-state index in [2.05, 4.69) is 24.3 Å². The fourth-order valence-electron chi connectivity index (χ4n) is 3.44. The lowest BCUT2D eigenvalue weighted by Gasteiger charge is -2.29. The van der Waals surface area contributed by atoms with Crippen molar-refractivity contribution in [3.05, 3.63) is 17.0 Å². The fourth-order valence-corrected chi connectivity index (χ4v) is 4.64. The van der Waals surface area contributed by atoms with Crippen LogP contribution in [-0.4, -0.2) is 65.5 Å². The van der Waals surface area contributed by atoms with Gasteiger partial charge in [-0.3, -0.25) is 14.3 Å². The molecule has 28 heavy (non-hydrogen) atoms. The number of nitrogens with zero attached hydrogens (tertiary/aromatic N) is 3. The van der Waals surface area contributed by atoms with Crippen LogP contribution in [0.3, 0.4) is 0 Å². The van der Waals surface area contributed by atoms with E-state index in [0.717, 1.165) is 23.5 Å². The quantitative estimate of drug-likeness (QED) is 0.715. The Kier molecular flexibility index (Phi) is 7.25. The Morgan fingerprint density at radius 3 is 2.32 bits per heavy atom. The summed E-state index contributed by atoms with van der Waals surface area (Å²) in [5.74, 6) is 0.0310. The molecule has 1 aromatic rings. The maximum atomic E-state index is 12.4. The van der Waals surface area contributed by atoms with Crippen LogP contribution >= 0.6 is 0 Å². The molecule has 1 aromatic heterocycles. The predicted molar refractivity (Wildman–Crippen MR) is 108 cm³/mol. The Balaban J connectivity index is 1.87. The summed E-state index contributed by atoms with van der Waals surface area (Å²) >= 11 is 0. The first-order valence-corrected chi connectivity index (χ1v) is 11.6. The molecule has 0 bridgehead atoms. The third kappa shape index (κ3) is 5.80. The second kappa shape index (κ2) is 9.07. The van der Waals surface area contributed by atoms with Gasteiger partial charge in [0.15, 0.2) is 9.84 Å². The molecule has 158 valence electrons. The average Bonchev–Trinajstić information content (AvgIpc) is 2.85. The minimum absolute atomic E-state index is 0.0155. The van der Waals surface area contributed by atoms with Crippen molar-refractivity contribution < 1.29 is 18.0 Å². The number of aryl methyl sites for hydroxylation is 1. The predicted octanol–water partition coefficient (Wildman–Crippen LogP) is 0.850. The van der Waals surface area contributed by atoms with Crippen LogP contribution in [0.15, 0.2) is 0 Å². The Hall–Kier alpha value is -1.90. The largest absolute Gasteiger partial charge is 0.345 e. The summed E-state index contributed by atoms with van der Waals surface area (Å²) in [7, 11) is -3.04. The number of sulfone groups is 1. The van der Waals surface area contributed by atoms with Gasteiger partial charge < -0.3 is 10.2 Å². The Morgan fingerprint density at radius 1 is 1.14 bits per heavy atom. The van der Waals surface area contributed by atoms with Gasteiger partial charge in [-0.15, -0.1) is 0 Å². The van der Waals surface area contributed by atoms with E-state index in [1.165, 1.54) is 4.90 Å². The molecule has 2 rings (SSSR count). The first kappa shape index (κ1) is 22.4. The summed E-state index contributed by atoms with van der Waals surface area (Å²) in [5, 5.41) is 7.30. The number of rotatable bonds is 7. The molecule has 0 aromatic carbocycles. The van der Waals surface area contributed by atoms with E-state index < -0.39 is 15.9 Å². The normalized spacial score (nSPS) is 17.6. The van der Waals surface area contributed by atoms with Crippen LogP contribution < -0.4 is 5.32 Å². The maximum Gasteiger partial charge on any atom is 0.244 e. The number of amides is 2. The molecule has 1 N–H and O–H groups in total. The lowest BCUT2D eigenvalue weighted by Crippen LogP contribution is -2.51. The number of carbonyl (C=O) groups excluding carboxylic acids is 2. The van der Waals surface area contributed by atoms with Crippen molar-refractivity contribution in [1.29, 1.82) is 0 Å². The van der Waals surface area contributed by atoms with Crippen molar-refractivity contribution >= 4 is 21.7 Å². The lowest BCUT2D eigenvalue weighted by atomic mass is 10.1. The summed E-state index contributed by atoms with van der Waals surface area (Å²) < 4.78 is 25.0. The number of nitrogens with one attached hydrogen (secondary N) is 1. The van der Waals surface area contributed by atoms with Gasteiger partial charge in [-0.25, -0.2) is 8.42 Å². The van der Waals surface area contributed by atoms with Crippen LogP contribution in [0.2, 0.25) is 0 Å². The van der Waals surface area contributed by atoms with E-state index in [4.69, 9.17) is 0 Å². The highest BCUT2D eigenvalue weighted by Crippen LogP contribution is 2.16. The van der Waals surface area contributed by atoms with E-state index in [1.54, 1.807) is 6.92 Å². The van der Waals surface area contributed by atoms with Crippen LogP contribution in [0, 0.1) is 19.8 Å². The van der Waals surface area contributed by atoms with E-state index >= 15 is 0 Å². The van der Waals surface area contributed by atoms with Gasteiger partial charge in [-0.2, -0.15) is 5.10 Å². The third-order valence-corrected chi connectivity index (χ3v) is 6.68. The zero-order valence-electron chi connectivity index (χ0n) is 17.5. The number of aromatic nitrogens is 2. The standard InChI is InChI=1S/C19H32N4O4S/c1-13(2)12-23-16(5)17(14(3)21-23)6-7-18(24)20-15(4)19(25)22-8-10-28(26,27)11-9-22/h13,15H,6-12H2,1-5H3,(H,20,24). The van der Waals surface area contributed by atoms with Gasteiger partial charge in [-0.05, 0) is 38.7 Å². The maximum absolute atomic E-state index is 12.4. The van der Waals surface area contributed by atoms with Crippen molar-refractivity contribution in [2.45, 2.75) is 60.0 Å². The minimum Gasteiger partial charge on any atom is -0.345 e. The van der Waals surface area contributed by atoms with Gasteiger partial charge in [-0.1, -0.05) is 13.8 Å². The molecular weight excluding hydrogens is 380 g/mol. The highest BCUT2D eigenvalue weighted by atomic mass is 32.2. The molecule has 9 heteroatoms. The molecule has 0 saturated carbocycles. The second-order valence-corrected chi connectivity index (χ2v) is 10.3. The van der Waals surface area contributed by atoms with Gasteiger partial charge in [0.2, 0.25) is 11.8 Å². The molecule has 0 spiro atoms.